The van der Waals surface area contributed by atoms with Gasteiger partial charge in [0.15, 0.2) is 18.1 Å². The highest BCUT2D eigenvalue weighted by Crippen LogP contribution is 2.28. The van der Waals surface area contributed by atoms with Crippen molar-refractivity contribution in [2.45, 2.75) is 13.8 Å². The van der Waals surface area contributed by atoms with Gasteiger partial charge in [-0.3, -0.25) is 10.1 Å². The standard InChI is InChI=1S/C18H24N2O6/c1-5-8-19-18(23)20-16(21)11-26-17(22)13-6-7-14(15(9-13)24-4)25-10-12(2)3/h5-7,9,12H,1,8,10-11H2,2-4H3,(H2,19,20,21,23). The lowest BCUT2D eigenvalue weighted by molar-refractivity contribution is -0.123. The largest absolute Gasteiger partial charge is 0.493 e. The van der Waals surface area contributed by atoms with Gasteiger partial charge in [0, 0.05) is 6.54 Å². The van der Waals surface area contributed by atoms with Crippen molar-refractivity contribution in [1.29, 1.82) is 0 Å². The first kappa shape index (κ1) is 21.0. The van der Waals surface area contributed by atoms with E-state index in [0.29, 0.717) is 24.0 Å². The van der Waals surface area contributed by atoms with Crippen LogP contribution in [0.1, 0.15) is 24.2 Å². The second-order valence-corrected chi connectivity index (χ2v) is 5.69. The first-order valence-electron chi connectivity index (χ1n) is 8.03. The highest BCUT2D eigenvalue weighted by molar-refractivity contribution is 5.97. The van der Waals surface area contributed by atoms with Crippen LogP contribution in [-0.4, -0.2) is 44.8 Å². The van der Waals surface area contributed by atoms with Gasteiger partial charge in [-0.15, -0.1) is 6.58 Å². The number of imide groups is 1. The minimum Gasteiger partial charge on any atom is -0.493 e. The van der Waals surface area contributed by atoms with Gasteiger partial charge in [-0.25, -0.2) is 9.59 Å². The Morgan fingerprint density at radius 1 is 1.23 bits per heavy atom. The summed E-state index contributed by atoms with van der Waals surface area (Å²) in [4.78, 5) is 34.9. The molecule has 0 fully saturated rings. The Balaban J connectivity index is 2.60. The first-order chi connectivity index (χ1) is 12.4. The van der Waals surface area contributed by atoms with Crippen molar-refractivity contribution in [3.63, 3.8) is 0 Å². The van der Waals surface area contributed by atoms with Crippen LogP contribution in [0.25, 0.3) is 0 Å². The second kappa shape index (κ2) is 10.8. The summed E-state index contributed by atoms with van der Waals surface area (Å²) in [6.45, 7) is 7.59. The lowest BCUT2D eigenvalue weighted by atomic mass is 10.2. The highest BCUT2D eigenvalue weighted by atomic mass is 16.5. The molecule has 0 bridgehead atoms. The Labute approximate surface area is 152 Å². The average Bonchev–Trinajstić information content (AvgIpc) is 2.62. The number of ether oxygens (including phenoxy) is 3. The molecular formula is C18H24N2O6. The summed E-state index contributed by atoms with van der Waals surface area (Å²) in [5.41, 5.74) is 0.197. The number of amides is 3. The fraction of sp³-hybridized carbons (Fsp3) is 0.389. The Bertz CT molecular complexity index is 657. The Morgan fingerprint density at radius 3 is 2.58 bits per heavy atom. The van der Waals surface area contributed by atoms with E-state index < -0.39 is 24.5 Å². The van der Waals surface area contributed by atoms with Crippen LogP contribution in [0.5, 0.6) is 11.5 Å². The predicted octanol–water partition coefficient (Wildman–Crippen LogP) is 1.90. The van der Waals surface area contributed by atoms with Crippen molar-refractivity contribution in [3.8, 4) is 11.5 Å². The molecule has 0 aliphatic carbocycles. The van der Waals surface area contributed by atoms with Crippen molar-refractivity contribution in [3.05, 3.63) is 36.4 Å². The van der Waals surface area contributed by atoms with Crippen LogP contribution in [0.3, 0.4) is 0 Å². The van der Waals surface area contributed by atoms with Crippen molar-refractivity contribution in [2.75, 3.05) is 26.9 Å². The molecule has 1 aromatic rings. The van der Waals surface area contributed by atoms with E-state index in [-0.39, 0.29) is 12.1 Å². The summed E-state index contributed by atoms with van der Waals surface area (Å²) < 4.78 is 15.7. The van der Waals surface area contributed by atoms with Crippen molar-refractivity contribution < 1.29 is 28.6 Å². The topological polar surface area (TPSA) is 103 Å². The molecule has 2 N–H and O–H groups in total. The van der Waals surface area contributed by atoms with E-state index in [2.05, 4.69) is 11.9 Å². The molecule has 0 saturated heterocycles. The molecule has 0 heterocycles. The van der Waals surface area contributed by atoms with Crippen molar-refractivity contribution in [2.24, 2.45) is 5.92 Å². The Hall–Kier alpha value is -3.03. The molecular weight excluding hydrogens is 340 g/mol. The zero-order chi connectivity index (χ0) is 19.5. The molecule has 8 heteroatoms. The maximum atomic E-state index is 12.0. The minimum atomic E-state index is -0.747. The van der Waals surface area contributed by atoms with Crippen LogP contribution >= 0.6 is 0 Å². The summed E-state index contributed by atoms with van der Waals surface area (Å²) >= 11 is 0. The monoisotopic (exact) mass is 364 g/mol. The van der Waals surface area contributed by atoms with Gasteiger partial charge in [-0.05, 0) is 24.1 Å². The number of benzene rings is 1. The summed E-state index contributed by atoms with van der Waals surface area (Å²) in [5.74, 6) is -0.238. The number of hydrogen-bond donors (Lipinski definition) is 2. The smallest absolute Gasteiger partial charge is 0.338 e. The van der Waals surface area contributed by atoms with Crippen molar-refractivity contribution in [1.82, 2.24) is 10.6 Å². The van der Waals surface area contributed by atoms with E-state index in [4.69, 9.17) is 14.2 Å². The Kier molecular flexibility index (Phi) is 8.69. The molecule has 0 aromatic heterocycles. The van der Waals surface area contributed by atoms with E-state index in [1.165, 1.54) is 25.3 Å². The maximum absolute atomic E-state index is 12.0. The third kappa shape index (κ3) is 7.25. The predicted molar refractivity (Wildman–Crippen MR) is 95.3 cm³/mol. The van der Waals surface area contributed by atoms with Gasteiger partial charge < -0.3 is 19.5 Å². The quantitative estimate of drug-likeness (QED) is 0.512. The summed E-state index contributed by atoms with van der Waals surface area (Å²) in [6, 6.07) is 3.88. The fourth-order valence-electron chi connectivity index (χ4n) is 1.76. The highest BCUT2D eigenvalue weighted by Gasteiger charge is 2.15. The molecule has 3 amide bonds. The van der Waals surface area contributed by atoms with Gasteiger partial charge in [0.1, 0.15) is 0 Å². The molecule has 0 radical (unpaired) electrons. The van der Waals surface area contributed by atoms with E-state index >= 15 is 0 Å². The normalized spacial score (nSPS) is 10.0. The molecule has 0 unspecified atom stereocenters. The molecule has 0 aliphatic heterocycles. The zero-order valence-electron chi connectivity index (χ0n) is 15.2. The van der Waals surface area contributed by atoms with Gasteiger partial charge in [0.25, 0.3) is 5.91 Å². The minimum absolute atomic E-state index is 0.197. The number of hydrogen-bond acceptors (Lipinski definition) is 6. The molecule has 0 atom stereocenters. The van der Waals surface area contributed by atoms with E-state index in [1.807, 2.05) is 19.2 Å². The fourth-order valence-corrected chi connectivity index (χ4v) is 1.76. The lowest BCUT2D eigenvalue weighted by Crippen LogP contribution is -2.41. The summed E-state index contributed by atoms with van der Waals surface area (Å²) in [7, 11) is 1.46. The molecule has 26 heavy (non-hydrogen) atoms. The van der Waals surface area contributed by atoms with Crippen LogP contribution in [0.2, 0.25) is 0 Å². The SMILES string of the molecule is C=CCNC(=O)NC(=O)COC(=O)c1ccc(OCC(C)C)c(OC)c1. The number of rotatable bonds is 9. The van der Waals surface area contributed by atoms with E-state index in [0.717, 1.165) is 0 Å². The average molecular weight is 364 g/mol. The zero-order valence-corrected chi connectivity index (χ0v) is 15.2. The van der Waals surface area contributed by atoms with Gasteiger partial charge >= 0.3 is 12.0 Å². The van der Waals surface area contributed by atoms with Crippen LogP contribution in [0.15, 0.2) is 30.9 Å². The van der Waals surface area contributed by atoms with Crippen LogP contribution in [0.4, 0.5) is 4.79 Å². The molecule has 1 aromatic carbocycles. The number of carbonyl (C=O) groups excluding carboxylic acids is 3. The number of nitrogens with one attached hydrogen (secondary N) is 2. The van der Waals surface area contributed by atoms with Crippen LogP contribution in [0, 0.1) is 5.92 Å². The second-order valence-electron chi connectivity index (χ2n) is 5.69. The summed E-state index contributed by atoms with van der Waals surface area (Å²) in [6.07, 6.45) is 1.46. The third-order valence-electron chi connectivity index (χ3n) is 2.97. The number of esters is 1. The van der Waals surface area contributed by atoms with E-state index in [1.54, 1.807) is 6.07 Å². The lowest BCUT2D eigenvalue weighted by Gasteiger charge is -2.13. The van der Waals surface area contributed by atoms with Gasteiger partial charge in [0.2, 0.25) is 0 Å². The van der Waals surface area contributed by atoms with Crippen LogP contribution < -0.4 is 20.1 Å². The molecule has 0 aliphatic rings. The van der Waals surface area contributed by atoms with Gasteiger partial charge in [-0.2, -0.15) is 0 Å². The number of carbonyl (C=O) groups is 3. The van der Waals surface area contributed by atoms with Crippen molar-refractivity contribution >= 4 is 17.9 Å². The number of methoxy groups -OCH3 is 1. The van der Waals surface area contributed by atoms with Gasteiger partial charge in [-0.1, -0.05) is 19.9 Å². The maximum Gasteiger partial charge on any atom is 0.338 e. The van der Waals surface area contributed by atoms with Crippen LogP contribution in [-0.2, 0) is 9.53 Å². The molecule has 1 rings (SSSR count). The summed E-state index contributed by atoms with van der Waals surface area (Å²) in [5, 5.41) is 4.39. The Morgan fingerprint density at radius 2 is 1.96 bits per heavy atom. The molecule has 0 spiro atoms. The molecule has 8 nitrogen and oxygen atoms in total. The number of urea groups is 1. The van der Waals surface area contributed by atoms with Gasteiger partial charge in [0.05, 0.1) is 19.3 Å². The molecule has 0 saturated carbocycles. The molecule has 142 valence electrons. The first-order valence-corrected chi connectivity index (χ1v) is 8.03. The third-order valence-corrected chi connectivity index (χ3v) is 2.97. The van der Waals surface area contributed by atoms with E-state index in [9.17, 15) is 14.4 Å².